The topological polar surface area (TPSA) is 40.6 Å². The summed E-state index contributed by atoms with van der Waals surface area (Å²) in [6.45, 7) is 2.37. The SMILES string of the molecule is O=C(c1cc(Cl)cc(Cl)c1)N1CCN(C(=O)[C@@H]2C[C@H]3CC[C@H]2C3)CC1. The molecule has 4 rings (SSSR count). The maximum absolute atomic E-state index is 12.8. The first kappa shape index (κ1) is 17.2. The molecule has 2 aliphatic carbocycles. The number of benzene rings is 1. The van der Waals surface area contributed by atoms with Crippen LogP contribution in [0, 0.1) is 17.8 Å². The summed E-state index contributed by atoms with van der Waals surface area (Å²) in [5.74, 6) is 1.84. The van der Waals surface area contributed by atoms with Crippen LogP contribution < -0.4 is 0 Å². The minimum absolute atomic E-state index is 0.0728. The van der Waals surface area contributed by atoms with Gasteiger partial charge in [-0.1, -0.05) is 29.6 Å². The molecule has 1 aromatic carbocycles. The zero-order valence-corrected chi connectivity index (χ0v) is 15.6. The van der Waals surface area contributed by atoms with E-state index < -0.39 is 0 Å². The van der Waals surface area contributed by atoms with Gasteiger partial charge in [-0.25, -0.2) is 0 Å². The van der Waals surface area contributed by atoms with Gasteiger partial charge in [0.25, 0.3) is 5.91 Å². The van der Waals surface area contributed by atoms with Gasteiger partial charge in [-0.2, -0.15) is 0 Å². The molecule has 2 amide bonds. The van der Waals surface area contributed by atoms with Gasteiger partial charge in [0.2, 0.25) is 5.91 Å². The van der Waals surface area contributed by atoms with Crippen LogP contribution in [-0.2, 0) is 4.79 Å². The standard InChI is InChI=1S/C19H22Cl2N2O2/c20-15-9-14(10-16(21)11-15)18(24)22-3-5-23(6-4-22)19(25)17-8-12-1-2-13(17)7-12/h9-13,17H,1-8H2/t12-,13-,17+/m0/s1. The van der Waals surface area contributed by atoms with Gasteiger partial charge in [-0.3, -0.25) is 9.59 Å². The summed E-state index contributed by atoms with van der Waals surface area (Å²) in [6.07, 6.45) is 4.84. The summed E-state index contributed by atoms with van der Waals surface area (Å²) in [7, 11) is 0. The maximum Gasteiger partial charge on any atom is 0.254 e. The van der Waals surface area contributed by atoms with E-state index >= 15 is 0 Å². The first-order valence-electron chi connectivity index (χ1n) is 9.05. The molecule has 2 saturated carbocycles. The highest BCUT2D eigenvalue weighted by atomic mass is 35.5. The Morgan fingerprint density at radius 2 is 1.52 bits per heavy atom. The fraction of sp³-hybridized carbons (Fsp3) is 0.579. The fourth-order valence-corrected chi connectivity index (χ4v) is 5.30. The molecular weight excluding hydrogens is 359 g/mol. The summed E-state index contributed by atoms with van der Waals surface area (Å²) in [5, 5.41) is 0.918. The predicted octanol–water partition coefficient (Wildman–Crippen LogP) is 3.71. The first-order chi connectivity index (χ1) is 12.0. The molecule has 6 heteroatoms. The van der Waals surface area contributed by atoms with E-state index in [1.54, 1.807) is 23.1 Å². The number of halogens is 2. The molecule has 0 spiro atoms. The van der Waals surface area contributed by atoms with Crippen molar-refractivity contribution in [1.82, 2.24) is 9.80 Å². The number of hydrogen-bond donors (Lipinski definition) is 0. The lowest BCUT2D eigenvalue weighted by molar-refractivity contribution is -0.138. The van der Waals surface area contributed by atoms with E-state index in [4.69, 9.17) is 23.2 Å². The zero-order chi connectivity index (χ0) is 17.6. The van der Waals surface area contributed by atoms with Gasteiger partial charge in [0.1, 0.15) is 0 Å². The van der Waals surface area contributed by atoms with Gasteiger partial charge in [-0.15, -0.1) is 0 Å². The summed E-state index contributed by atoms with van der Waals surface area (Å²) >= 11 is 12.0. The molecule has 0 aromatic heterocycles. The number of hydrogen-bond acceptors (Lipinski definition) is 2. The maximum atomic E-state index is 12.8. The van der Waals surface area contributed by atoms with Gasteiger partial charge in [0.05, 0.1) is 0 Å². The van der Waals surface area contributed by atoms with Crippen LogP contribution in [0.3, 0.4) is 0 Å². The van der Waals surface area contributed by atoms with E-state index in [0.29, 0.717) is 53.6 Å². The summed E-state index contributed by atoms with van der Waals surface area (Å²) in [6, 6.07) is 4.90. The van der Waals surface area contributed by atoms with Gasteiger partial charge in [0.15, 0.2) is 0 Å². The third kappa shape index (κ3) is 3.39. The van der Waals surface area contributed by atoms with Crippen molar-refractivity contribution >= 4 is 35.0 Å². The van der Waals surface area contributed by atoms with E-state index in [9.17, 15) is 9.59 Å². The molecule has 1 heterocycles. The van der Waals surface area contributed by atoms with Crippen molar-refractivity contribution in [2.24, 2.45) is 17.8 Å². The number of carbonyl (C=O) groups is 2. The second-order valence-corrected chi connectivity index (χ2v) is 8.43. The Bertz CT molecular complexity index is 680. The van der Waals surface area contributed by atoms with Crippen molar-refractivity contribution < 1.29 is 9.59 Å². The van der Waals surface area contributed by atoms with Crippen LogP contribution in [0.1, 0.15) is 36.0 Å². The lowest BCUT2D eigenvalue weighted by Crippen LogP contribution is -2.52. The highest BCUT2D eigenvalue weighted by molar-refractivity contribution is 6.35. The smallest absolute Gasteiger partial charge is 0.254 e. The Labute approximate surface area is 158 Å². The van der Waals surface area contributed by atoms with Crippen molar-refractivity contribution in [3.8, 4) is 0 Å². The highest BCUT2D eigenvalue weighted by Crippen LogP contribution is 2.48. The predicted molar refractivity (Wildman–Crippen MR) is 97.9 cm³/mol. The number of rotatable bonds is 2. The van der Waals surface area contributed by atoms with Gasteiger partial charge in [-0.05, 0) is 49.3 Å². The van der Waals surface area contributed by atoms with Crippen molar-refractivity contribution in [3.05, 3.63) is 33.8 Å². The number of fused-ring (bicyclic) bond motifs is 2. The molecule has 0 radical (unpaired) electrons. The Hall–Kier alpha value is -1.26. The summed E-state index contributed by atoms with van der Waals surface area (Å²) in [4.78, 5) is 29.2. The molecule has 1 saturated heterocycles. The molecule has 0 N–H and O–H groups in total. The number of piperazine rings is 1. The lowest BCUT2D eigenvalue weighted by Gasteiger charge is -2.37. The van der Waals surface area contributed by atoms with Crippen LogP contribution >= 0.6 is 23.2 Å². The highest BCUT2D eigenvalue weighted by Gasteiger charge is 2.44. The molecule has 3 atom stereocenters. The van der Waals surface area contributed by atoms with Crippen LogP contribution in [0.5, 0.6) is 0 Å². The molecule has 134 valence electrons. The molecular formula is C19H22Cl2N2O2. The average molecular weight is 381 g/mol. The van der Waals surface area contributed by atoms with Crippen molar-refractivity contribution in [3.63, 3.8) is 0 Å². The first-order valence-corrected chi connectivity index (χ1v) is 9.81. The lowest BCUT2D eigenvalue weighted by atomic mass is 9.87. The van der Waals surface area contributed by atoms with Crippen molar-refractivity contribution in [1.29, 1.82) is 0 Å². The second-order valence-electron chi connectivity index (χ2n) is 7.56. The molecule has 1 aromatic rings. The van der Waals surface area contributed by atoms with Gasteiger partial charge < -0.3 is 9.80 Å². The van der Waals surface area contributed by atoms with Crippen molar-refractivity contribution in [2.45, 2.75) is 25.7 Å². The normalized spacial score (nSPS) is 28.5. The summed E-state index contributed by atoms with van der Waals surface area (Å²) in [5.41, 5.74) is 0.505. The molecule has 2 bridgehead atoms. The van der Waals surface area contributed by atoms with Crippen LogP contribution in [0.4, 0.5) is 0 Å². The monoisotopic (exact) mass is 380 g/mol. The van der Waals surface area contributed by atoms with Crippen LogP contribution in [-0.4, -0.2) is 47.8 Å². The van der Waals surface area contributed by atoms with E-state index in [1.807, 2.05) is 4.90 Å². The van der Waals surface area contributed by atoms with Crippen LogP contribution in [0.15, 0.2) is 18.2 Å². The Morgan fingerprint density at radius 1 is 0.880 bits per heavy atom. The Kier molecular flexibility index (Phi) is 4.67. The molecule has 4 nitrogen and oxygen atoms in total. The third-order valence-corrected chi connectivity index (χ3v) is 6.48. The molecule has 0 unspecified atom stereocenters. The average Bonchev–Trinajstić information content (AvgIpc) is 3.23. The quantitative estimate of drug-likeness (QED) is 0.784. The Balaban J connectivity index is 1.36. The number of carbonyl (C=O) groups excluding carboxylic acids is 2. The molecule has 1 aliphatic heterocycles. The van der Waals surface area contributed by atoms with Crippen LogP contribution in [0.25, 0.3) is 0 Å². The van der Waals surface area contributed by atoms with E-state index in [0.717, 1.165) is 12.3 Å². The van der Waals surface area contributed by atoms with Gasteiger partial charge >= 0.3 is 0 Å². The second kappa shape index (κ2) is 6.81. The molecule has 3 fully saturated rings. The molecule has 3 aliphatic rings. The van der Waals surface area contributed by atoms with E-state index in [2.05, 4.69) is 0 Å². The van der Waals surface area contributed by atoms with E-state index in [1.165, 1.54) is 19.3 Å². The van der Waals surface area contributed by atoms with Gasteiger partial charge in [0, 0.05) is 47.7 Å². The third-order valence-electron chi connectivity index (χ3n) is 6.04. The van der Waals surface area contributed by atoms with E-state index in [-0.39, 0.29) is 11.8 Å². The van der Waals surface area contributed by atoms with Crippen molar-refractivity contribution in [2.75, 3.05) is 26.2 Å². The summed E-state index contributed by atoms with van der Waals surface area (Å²) < 4.78 is 0. The molecule has 25 heavy (non-hydrogen) atoms. The minimum atomic E-state index is -0.0728. The largest absolute Gasteiger partial charge is 0.339 e. The zero-order valence-electron chi connectivity index (χ0n) is 14.1. The number of amides is 2. The fourth-order valence-electron chi connectivity index (χ4n) is 4.77. The minimum Gasteiger partial charge on any atom is -0.339 e. The number of nitrogens with zero attached hydrogens (tertiary/aromatic N) is 2. The Morgan fingerprint density at radius 3 is 2.08 bits per heavy atom. The van der Waals surface area contributed by atoms with Crippen LogP contribution in [0.2, 0.25) is 10.0 Å².